The zero-order valence-electron chi connectivity index (χ0n) is 11.0. The summed E-state index contributed by atoms with van der Waals surface area (Å²) in [5.74, 6) is -0.422. The maximum Gasteiger partial charge on any atom is 0.250 e. The van der Waals surface area contributed by atoms with Gasteiger partial charge >= 0.3 is 0 Å². The smallest absolute Gasteiger partial charge is 0.250 e. The van der Waals surface area contributed by atoms with Crippen LogP contribution in [0.2, 0.25) is 0 Å². The summed E-state index contributed by atoms with van der Waals surface area (Å²) in [7, 11) is -3.88. The van der Waals surface area contributed by atoms with Crippen molar-refractivity contribution in [1.29, 1.82) is 0 Å². The van der Waals surface area contributed by atoms with Crippen LogP contribution in [0.3, 0.4) is 0 Å². The van der Waals surface area contributed by atoms with E-state index in [0.717, 1.165) is 0 Å². The van der Waals surface area contributed by atoms with E-state index in [1.807, 2.05) is 6.92 Å². The van der Waals surface area contributed by atoms with Crippen molar-refractivity contribution in [3.63, 3.8) is 0 Å². The Hall–Kier alpha value is -1.48. The molecule has 4 N–H and O–H groups in total. The second kappa shape index (κ2) is 5.49. The minimum Gasteiger partial charge on any atom is -0.363 e. The first-order chi connectivity index (χ1) is 9.30. The first-order valence-corrected chi connectivity index (χ1v) is 7.61. The highest BCUT2D eigenvalue weighted by atomic mass is 32.2. The van der Waals surface area contributed by atoms with Crippen molar-refractivity contribution < 1.29 is 17.9 Å². The second-order valence-electron chi connectivity index (χ2n) is 4.93. The largest absolute Gasteiger partial charge is 0.363 e. The van der Waals surface area contributed by atoms with Crippen molar-refractivity contribution in [3.05, 3.63) is 24.3 Å². The first-order valence-electron chi connectivity index (χ1n) is 6.07. The molecule has 110 valence electrons. The molecule has 0 bridgehead atoms. The molecule has 0 radical (unpaired) electrons. The van der Waals surface area contributed by atoms with E-state index in [-0.39, 0.29) is 22.8 Å². The Morgan fingerprint density at radius 2 is 2.10 bits per heavy atom. The van der Waals surface area contributed by atoms with Gasteiger partial charge in [-0.05, 0) is 19.1 Å². The van der Waals surface area contributed by atoms with E-state index in [1.165, 1.54) is 18.2 Å². The number of nitrogens with one attached hydrogen (secondary N) is 2. The van der Waals surface area contributed by atoms with Crippen molar-refractivity contribution >= 4 is 21.6 Å². The van der Waals surface area contributed by atoms with Gasteiger partial charge in [0.25, 0.3) is 0 Å². The summed E-state index contributed by atoms with van der Waals surface area (Å²) in [5.41, 5.74) is -0.183. The highest BCUT2D eigenvalue weighted by Crippen LogP contribution is 2.20. The highest BCUT2D eigenvalue weighted by molar-refractivity contribution is 7.89. The molecule has 0 saturated carbocycles. The molecule has 0 aromatic heterocycles. The fraction of sp³-hybridized carbons (Fsp3) is 0.417. The lowest BCUT2D eigenvalue weighted by Crippen LogP contribution is -2.59. The summed E-state index contributed by atoms with van der Waals surface area (Å²) in [6, 6.07) is 5.96. The quantitative estimate of drug-likeness (QED) is 0.688. The van der Waals surface area contributed by atoms with Crippen LogP contribution in [0, 0.1) is 0 Å². The van der Waals surface area contributed by atoms with E-state index < -0.39 is 15.9 Å². The second-order valence-corrected chi connectivity index (χ2v) is 6.46. The summed E-state index contributed by atoms with van der Waals surface area (Å²) >= 11 is 0. The number of hydrogen-bond donors (Lipinski definition) is 3. The summed E-state index contributed by atoms with van der Waals surface area (Å²) < 4.78 is 28.3. The van der Waals surface area contributed by atoms with Gasteiger partial charge < -0.3 is 15.4 Å². The number of nitrogens with two attached hydrogens (primary N) is 1. The Morgan fingerprint density at radius 1 is 1.45 bits per heavy atom. The van der Waals surface area contributed by atoms with E-state index in [2.05, 4.69) is 10.6 Å². The third-order valence-corrected chi connectivity index (χ3v) is 3.99. The average molecular weight is 299 g/mol. The molecular weight excluding hydrogens is 282 g/mol. The van der Waals surface area contributed by atoms with Crippen LogP contribution in [0.5, 0.6) is 0 Å². The van der Waals surface area contributed by atoms with Crippen molar-refractivity contribution in [1.82, 2.24) is 5.32 Å². The molecule has 2 rings (SSSR count). The highest BCUT2D eigenvalue weighted by Gasteiger charge is 2.33. The number of benzene rings is 1. The maximum atomic E-state index is 11.8. The predicted octanol–water partition coefficient (Wildman–Crippen LogP) is -0.349. The van der Waals surface area contributed by atoms with Gasteiger partial charge in [-0.25, -0.2) is 13.6 Å². The van der Waals surface area contributed by atoms with Gasteiger partial charge in [0.2, 0.25) is 15.9 Å². The fourth-order valence-electron chi connectivity index (χ4n) is 1.82. The Balaban J connectivity index is 2.01. The van der Waals surface area contributed by atoms with Crippen LogP contribution in [0.4, 0.5) is 5.69 Å². The molecule has 1 aliphatic rings. The molecule has 1 fully saturated rings. The molecule has 0 spiro atoms. The molecule has 1 aliphatic heterocycles. The zero-order chi connectivity index (χ0) is 14.8. The number of para-hydroxylation sites is 1. The van der Waals surface area contributed by atoms with Crippen molar-refractivity contribution in [3.8, 4) is 0 Å². The van der Waals surface area contributed by atoms with Gasteiger partial charge in [-0.15, -0.1) is 0 Å². The van der Waals surface area contributed by atoms with E-state index in [9.17, 15) is 13.2 Å². The first kappa shape index (κ1) is 14.9. The molecule has 7 nitrogen and oxygen atoms in total. The van der Waals surface area contributed by atoms with E-state index in [1.54, 1.807) is 6.07 Å². The lowest BCUT2D eigenvalue weighted by atomic mass is 10.0. The Labute approximate surface area is 117 Å². The van der Waals surface area contributed by atoms with E-state index in [0.29, 0.717) is 13.1 Å². The predicted molar refractivity (Wildman–Crippen MR) is 73.7 cm³/mol. The van der Waals surface area contributed by atoms with Crippen molar-refractivity contribution in [2.45, 2.75) is 17.4 Å². The van der Waals surface area contributed by atoms with Gasteiger partial charge in [-0.1, -0.05) is 12.1 Å². The number of carbonyl (C=O) groups is 1. The molecule has 0 aliphatic carbocycles. The molecule has 1 amide bonds. The normalized spacial score (nSPS) is 17.3. The van der Waals surface area contributed by atoms with Gasteiger partial charge in [0.05, 0.1) is 11.3 Å². The number of amides is 1. The van der Waals surface area contributed by atoms with E-state index in [4.69, 9.17) is 9.88 Å². The lowest BCUT2D eigenvalue weighted by molar-refractivity contribution is -0.130. The third kappa shape index (κ3) is 3.54. The minimum absolute atomic E-state index is 0.120. The number of primary sulfonamides is 1. The number of ether oxygens (including phenoxy) is 1. The maximum absolute atomic E-state index is 11.8. The standard InChI is InChI=1S/C12H17N3O4S/c1-12(7-14-8-12)19-6-11(16)15-9-4-2-3-5-10(9)20(13,17)18/h2-5,14H,6-8H2,1H3,(H,15,16)(H2,13,17,18). The van der Waals surface area contributed by atoms with Crippen LogP contribution in [0.15, 0.2) is 29.2 Å². The molecule has 20 heavy (non-hydrogen) atoms. The van der Waals surface area contributed by atoms with E-state index >= 15 is 0 Å². The molecule has 0 atom stereocenters. The van der Waals surface area contributed by atoms with Crippen LogP contribution in [-0.2, 0) is 19.6 Å². The van der Waals surface area contributed by atoms with Crippen LogP contribution >= 0.6 is 0 Å². The molecule has 1 saturated heterocycles. The molecular formula is C12H17N3O4S. The van der Waals surface area contributed by atoms with Crippen LogP contribution in [0.1, 0.15) is 6.92 Å². The summed E-state index contributed by atoms with van der Waals surface area (Å²) in [4.78, 5) is 11.7. The minimum atomic E-state index is -3.88. The monoisotopic (exact) mass is 299 g/mol. The number of sulfonamides is 1. The SMILES string of the molecule is CC1(OCC(=O)Nc2ccccc2S(N)(=O)=O)CNC1. The Kier molecular flexibility index (Phi) is 4.09. The third-order valence-electron chi connectivity index (χ3n) is 3.02. The number of carbonyl (C=O) groups excluding carboxylic acids is 1. The van der Waals surface area contributed by atoms with Crippen LogP contribution < -0.4 is 15.8 Å². The van der Waals surface area contributed by atoms with Gasteiger partial charge in [0.1, 0.15) is 11.5 Å². The summed E-state index contributed by atoms with van der Waals surface area (Å²) in [5, 5.41) is 10.6. The number of anilines is 1. The summed E-state index contributed by atoms with van der Waals surface area (Å²) in [6.07, 6.45) is 0. The Bertz CT molecular complexity index is 611. The van der Waals surface area contributed by atoms with Gasteiger partial charge in [-0.3, -0.25) is 4.79 Å². The lowest BCUT2D eigenvalue weighted by Gasteiger charge is -2.38. The van der Waals surface area contributed by atoms with Gasteiger partial charge in [0.15, 0.2) is 0 Å². The Morgan fingerprint density at radius 3 is 2.65 bits per heavy atom. The molecule has 1 aromatic carbocycles. The van der Waals surface area contributed by atoms with Gasteiger partial charge in [0, 0.05) is 13.1 Å². The molecule has 8 heteroatoms. The fourth-order valence-corrected chi connectivity index (χ4v) is 2.52. The van der Waals surface area contributed by atoms with Crippen LogP contribution in [0.25, 0.3) is 0 Å². The average Bonchev–Trinajstić information content (AvgIpc) is 2.33. The molecule has 1 aromatic rings. The number of rotatable bonds is 5. The van der Waals surface area contributed by atoms with Gasteiger partial charge in [-0.2, -0.15) is 0 Å². The summed E-state index contributed by atoms with van der Waals surface area (Å²) in [6.45, 7) is 3.13. The number of hydrogen-bond acceptors (Lipinski definition) is 5. The zero-order valence-corrected chi connectivity index (χ0v) is 11.9. The van der Waals surface area contributed by atoms with Crippen molar-refractivity contribution in [2.75, 3.05) is 25.0 Å². The molecule has 0 unspecified atom stereocenters. The topological polar surface area (TPSA) is 111 Å². The van der Waals surface area contributed by atoms with Crippen molar-refractivity contribution in [2.24, 2.45) is 5.14 Å². The molecule has 1 heterocycles. The van der Waals surface area contributed by atoms with Crippen LogP contribution in [-0.4, -0.2) is 39.6 Å².